The van der Waals surface area contributed by atoms with E-state index in [1.807, 2.05) is 78.9 Å². The van der Waals surface area contributed by atoms with Gasteiger partial charge in [0.1, 0.15) is 41.5 Å². The Labute approximate surface area is 250 Å². The SMILES string of the molecule is COc1ccc(C(OC[C@H]2O[C@H](OCCNC(=O)CS)[C@@H](O)[C@@H](O)[C@@H]2O)(c2ccccc2)c2ccc(OC)cc2)cc1. The summed E-state index contributed by atoms with van der Waals surface area (Å²) in [5.41, 5.74) is 1.17. The number of hydrogen-bond acceptors (Lipinski definition) is 10. The molecule has 3 aromatic carbocycles. The Balaban J connectivity index is 1.67. The number of aliphatic hydroxyl groups is 3. The number of methoxy groups -OCH3 is 2. The summed E-state index contributed by atoms with van der Waals surface area (Å²) in [7, 11) is 3.18. The van der Waals surface area contributed by atoms with E-state index >= 15 is 0 Å². The molecule has 1 fully saturated rings. The first-order chi connectivity index (χ1) is 20.3. The monoisotopic (exact) mass is 599 g/mol. The minimum atomic E-state index is -1.56. The third-order valence-corrected chi connectivity index (χ3v) is 7.44. The van der Waals surface area contributed by atoms with Crippen LogP contribution in [0.15, 0.2) is 78.9 Å². The van der Waals surface area contributed by atoms with Crippen molar-refractivity contribution in [1.29, 1.82) is 0 Å². The maximum Gasteiger partial charge on any atom is 0.229 e. The van der Waals surface area contributed by atoms with Crippen LogP contribution in [0.25, 0.3) is 0 Å². The molecule has 1 heterocycles. The van der Waals surface area contributed by atoms with E-state index in [4.69, 9.17) is 23.7 Å². The van der Waals surface area contributed by atoms with Crippen LogP contribution < -0.4 is 14.8 Å². The molecule has 42 heavy (non-hydrogen) atoms. The summed E-state index contributed by atoms with van der Waals surface area (Å²) in [6.45, 7) is -0.0325. The van der Waals surface area contributed by atoms with Crippen molar-refractivity contribution in [3.63, 3.8) is 0 Å². The summed E-state index contributed by atoms with van der Waals surface area (Å²) < 4.78 is 29.1. The van der Waals surface area contributed by atoms with Gasteiger partial charge in [0.15, 0.2) is 6.29 Å². The Hall–Kier alpha value is -3.16. The van der Waals surface area contributed by atoms with Crippen LogP contribution in [0, 0.1) is 0 Å². The Morgan fingerprint density at radius 2 is 1.38 bits per heavy atom. The molecule has 4 N–H and O–H groups in total. The van der Waals surface area contributed by atoms with Crippen molar-refractivity contribution in [3.8, 4) is 11.5 Å². The molecule has 0 bridgehead atoms. The molecular weight excluding hydrogens is 562 g/mol. The Morgan fingerprint density at radius 3 is 1.90 bits per heavy atom. The fourth-order valence-corrected chi connectivity index (χ4v) is 5.01. The number of ether oxygens (including phenoxy) is 5. The molecular formula is C31H37NO9S. The summed E-state index contributed by atoms with van der Waals surface area (Å²) in [5.74, 6) is 1.09. The zero-order valence-corrected chi connectivity index (χ0v) is 24.4. The van der Waals surface area contributed by atoms with E-state index < -0.39 is 36.3 Å². The quantitative estimate of drug-likeness (QED) is 0.113. The molecule has 1 saturated heterocycles. The first-order valence-electron chi connectivity index (χ1n) is 13.5. The lowest BCUT2D eigenvalue weighted by Crippen LogP contribution is -2.60. The average molecular weight is 600 g/mol. The number of nitrogens with one attached hydrogen (secondary N) is 1. The van der Waals surface area contributed by atoms with Crippen LogP contribution in [-0.4, -0.2) is 91.7 Å². The van der Waals surface area contributed by atoms with E-state index in [0.29, 0.717) is 11.5 Å². The van der Waals surface area contributed by atoms with Gasteiger partial charge >= 0.3 is 0 Å². The maximum atomic E-state index is 11.4. The van der Waals surface area contributed by atoms with Crippen LogP contribution in [-0.2, 0) is 24.6 Å². The molecule has 0 radical (unpaired) electrons. The van der Waals surface area contributed by atoms with Gasteiger partial charge in [-0.05, 0) is 41.0 Å². The standard InChI is InChI=1S/C31H37NO9S/c1-37-23-12-8-21(9-13-23)31(20-6-4-3-5-7-20,22-10-14-24(38-2)15-11-22)40-18-25-27(34)28(35)29(36)30(41-25)39-17-16-32-26(33)19-42/h3-15,25,27-30,34-36,42H,16-19H2,1-2H3,(H,32,33)/t25-,27-,28+,29+,30+/m1/s1. The van der Waals surface area contributed by atoms with Crippen LogP contribution in [0.4, 0.5) is 0 Å². The molecule has 5 atom stereocenters. The molecule has 1 aliphatic rings. The van der Waals surface area contributed by atoms with Crippen molar-refractivity contribution in [2.75, 3.05) is 39.7 Å². The highest BCUT2D eigenvalue weighted by molar-refractivity contribution is 7.81. The van der Waals surface area contributed by atoms with Crippen molar-refractivity contribution in [2.24, 2.45) is 0 Å². The number of carbonyl (C=O) groups is 1. The molecule has 10 nitrogen and oxygen atoms in total. The molecule has 11 heteroatoms. The molecule has 1 aliphatic heterocycles. The first kappa shape index (κ1) is 31.8. The lowest BCUT2D eigenvalue weighted by Gasteiger charge is -2.42. The molecule has 0 spiro atoms. The zero-order valence-electron chi connectivity index (χ0n) is 23.5. The number of rotatable bonds is 13. The highest BCUT2D eigenvalue weighted by Crippen LogP contribution is 2.42. The molecule has 1 amide bonds. The van der Waals surface area contributed by atoms with E-state index in [1.165, 1.54) is 0 Å². The Kier molecular flexibility index (Phi) is 11.2. The summed E-state index contributed by atoms with van der Waals surface area (Å²) in [6.07, 6.45) is -6.88. The lowest BCUT2D eigenvalue weighted by molar-refractivity contribution is -0.305. The molecule has 0 aromatic heterocycles. The smallest absolute Gasteiger partial charge is 0.229 e. The summed E-state index contributed by atoms with van der Waals surface area (Å²) in [4.78, 5) is 11.4. The van der Waals surface area contributed by atoms with Gasteiger partial charge in [0.05, 0.1) is 33.2 Å². The fourth-order valence-electron chi connectivity index (χ4n) is 4.89. The highest BCUT2D eigenvalue weighted by atomic mass is 32.1. The van der Waals surface area contributed by atoms with E-state index in [1.54, 1.807) is 14.2 Å². The first-order valence-corrected chi connectivity index (χ1v) is 14.1. The van der Waals surface area contributed by atoms with Gasteiger partial charge in [-0.25, -0.2) is 0 Å². The minimum Gasteiger partial charge on any atom is -0.497 e. The molecule has 0 aliphatic carbocycles. The number of amides is 1. The second kappa shape index (κ2) is 14.8. The molecule has 0 unspecified atom stereocenters. The van der Waals surface area contributed by atoms with Gasteiger partial charge in [0, 0.05) is 6.54 Å². The van der Waals surface area contributed by atoms with Gasteiger partial charge in [-0.15, -0.1) is 0 Å². The third-order valence-electron chi connectivity index (χ3n) is 7.16. The summed E-state index contributed by atoms with van der Waals surface area (Å²) in [5, 5.41) is 34.6. The van der Waals surface area contributed by atoms with Crippen LogP contribution >= 0.6 is 12.6 Å². The van der Waals surface area contributed by atoms with Crippen LogP contribution in [0.5, 0.6) is 11.5 Å². The number of carbonyl (C=O) groups excluding carboxylic acids is 1. The molecule has 0 saturated carbocycles. The summed E-state index contributed by atoms with van der Waals surface area (Å²) in [6, 6.07) is 24.5. The number of thiol groups is 1. The van der Waals surface area contributed by atoms with Gasteiger partial charge < -0.3 is 44.3 Å². The van der Waals surface area contributed by atoms with Gasteiger partial charge in [-0.2, -0.15) is 12.6 Å². The normalized spacial score (nSPS) is 22.4. The topological polar surface area (TPSA) is 136 Å². The van der Waals surface area contributed by atoms with Crippen molar-refractivity contribution in [2.45, 2.75) is 36.3 Å². The maximum absolute atomic E-state index is 11.4. The van der Waals surface area contributed by atoms with Gasteiger partial charge in [-0.1, -0.05) is 54.6 Å². The van der Waals surface area contributed by atoms with E-state index in [9.17, 15) is 20.1 Å². The number of benzene rings is 3. The van der Waals surface area contributed by atoms with E-state index in [0.717, 1.165) is 16.7 Å². The average Bonchev–Trinajstić information content (AvgIpc) is 3.04. The van der Waals surface area contributed by atoms with Crippen LogP contribution in [0.2, 0.25) is 0 Å². The van der Waals surface area contributed by atoms with E-state index in [-0.39, 0.29) is 31.4 Å². The molecule has 3 aromatic rings. The van der Waals surface area contributed by atoms with E-state index in [2.05, 4.69) is 17.9 Å². The van der Waals surface area contributed by atoms with Gasteiger partial charge in [-0.3, -0.25) is 4.79 Å². The number of aliphatic hydroxyl groups excluding tert-OH is 3. The lowest BCUT2D eigenvalue weighted by atomic mass is 9.80. The molecule has 226 valence electrons. The third kappa shape index (κ3) is 7.07. The number of hydrogen-bond donors (Lipinski definition) is 5. The van der Waals surface area contributed by atoms with Crippen LogP contribution in [0.1, 0.15) is 16.7 Å². The Bertz CT molecular complexity index is 1210. The van der Waals surface area contributed by atoms with Crippen molar-refractivity contribution >= 4 is 18.5 Å². The van der Waals surface area contributed by atoms with Gasteiger partial charge in [0.25, 0.3) is 0 Å². The predicted octanol–water partition coefficient (Wildman–Crippen LogP) is 1.88. The molecule has 4 rings (SSSR count). The predicted molar refractivity (Wildman–Crippen MR) is 158 cm³/mol. The summed E-state index contributed by atoms with van der Waals surface area (Å²) >= 11 is 3.91. The van der Waals surface area contributed by atoms with Crippen molar-refractivity contribution in [3.05, 3.63) is 95.6 Å². The fraction of sp³-hybridized carbons (Fsp3) is 0.387. The van der Waals surface area contributed by atoms with Gasteiger partial charge in [0.2, 0.25) is 5.91 Å². The van der Waals surface area contributed by atoms with Crippen LogP contribution in [0.3, 0.4) is 0 Å². The van der Waals surface area contributed by atoms with Crippen molar-refractivity contribution in [1.82, 2.24) is 5.32 Å². The zero-order chi connectivity index (χ0) is 30.1. The Morgan fingerprint density at radius 1 is 0.833 bits per heavy atom. The largest absolute Gasteiger partial charge is 0.497 e. The second-order valence-electron chi connectivity index (χ2n) is 9.71. The minimum absolute atomic E-state index is 0.00326. The second-order valence-corrected chi connectivity index (χ2v) is 10.0. The highest BCUT2D eigenvalue weighted by Gasteiger charge is 2.46. The van der Waals surface area contributed by atoms with Crippen molar-refractivity contribution < 1.29 is 43.8 Å².